The summed E-state index contributed by atoms with van der Waals surface area (Å²) in [5, 5.41) is 3.04. The van der Waals surface area contributed by atoms with Crippen molar-refractivity contribution in [1.82, 2.24) is 5.32 Å². The number of nitrogens with one attached hydrogen (secondary N) is 1. The molecule has 0 heterocycles. The summed E-state index contributed by atoms with van der Waals surface area (Å²) in [6.07, 6.45) is 2.04. The molecule has 1 amide bonds. The van der Waals surface area contributed by atoms with E-state index in [1.165, 1.54) is 16.9 Å². The lowest BCUT2D eigenvalue weighted by molar-refractivity contribution is -0.121. The largest absolute Gasteiger partial charge is 0.353 e. The van der Waals surface area contributed by atoms with E-state index in [1.807, 2.05) is 25.1 Å². The van der Waals surface area contributed by atoms with Crippen LogP contribution in [0.15, 0.2) is 89.8 Å². The molecule has 0 saturated heterocycles. The summed E-state index contributed by atoms with van der Waals surface area (Å²) in [4.78, 5) is 12.6. The molecule has 3 aromatic rings. The fourth-order valence-electron chi connectivity index (χ4n) is 3.32. The maximum atomic E-state index is 12.7. The molecule has 162 valence electrons. The minimum atomic E-state index is -3.62. The molecule has 31 heavy (non-hydrogen) atoms. The first-order chi connectivity index (χ1) is 14.9. The minimum Gasteiger partial charge on any atom is -0.353 e. The van der Waals surface area contributed by atoms with Gasteiger partial charge in [-0.2, -0.15) is 0 Å². The Labute approximate surface area is 184 Å². The highest BCUT2D eigenvalue weighted by Gasteiger charge is 2.20. The molecule has 0 fully saturated rings. The number of carbonyl (C=O) groups excluding carboxylic acids is 1. The van der Waals surface area contributed by atoms with Gasteiger partial charge in [0.15, 0.2) is 0 Å². The Morgan fingerprint density at radius 1 is 0.871 bits per heavy atom. The third-order valence-electron chi connectivity index (χ3n) is 5.18. The highest BCUT2D eigenvalue weighted by atomic mass is 32.2. The third kappa shape index (κ3) is 6.18. The molecule has 3 aromatic carbocycles. The number of aryl methyl sites for hydroxylation is 1. The summed E-state index contributed by atoms with van der Waals surface area (Å²) in [5.74, 6) is -0.0430. The molecule has 0 saturated carbocycles. The number of carbonyl (C=O) groups is 1. The highest BCUT2D eigenvalue weighted by molar-refractivity contribution is 7.92. The van der Waals surface area contributed by atoms with Crippen LogP contribution in [0.3, 0.4) is 0 Å². The zero-order valence-corrected chi connectivity index (χ0v) is 18.7. The molecular formula is C25H28N2O3S. The number of amides is 1. The van der Waals surface area contributed by atoms with Gasteiger partial charge < -0.3 is 5.32 Å². The molecule has 0 aromatic heterocycles. The number of anilines is 1. The average molecular weight is 437 g/mol. The van der Waals surface area contributed by atoms with E-state index in [0.29, 0.717) is 5.69 Å². The molecule has 0 aliphatic carbocycles. The van der Waals surface area contributed by atoms with Gasteiger partial charge in [0.25, 0.3) is 10.0 Å². The summed E-state index contributed by atoms with van der Waals surface area (Å²) in [5.41, 5.74) is 2.64. The van der Waals surface area contributed by atoms with Gasteiger partial charge in [-0.3, -0.25) is 9.10 Å². The SMILES string of the molecule is CC(CCc1ccccc1)NC(=O)Cc1ccc(N(C)S(=O)(=O)c2ccccc2)cc1. The van der Waals surface area contributed by atoms with Crippen LogP contribution in [0, 0.1) is 0 Å². The van der Waals surface area contributed by atoms with E-state index in [-0.39, 0.29) is 23.3 Å². The van der Waals surface area contributed by atoms with Crippen molar-refractivity contribution in [2.75, 3.05) is 11.4 Å². The van der Waals surface area contributed by atoms with Gasteiger partial charge in [0.05, 0.1) is 17.0 Å². The van der Waals surface area contributed by atoms with E-state index in [4.69, 9.17) is 0 Å². The summed E-state index contributed by atoms with van der Waals surface area (Å²) in [6, 6.07) is 25.6. The molecule has 6 heteroatoms. The van der Waals surface area contributed by atoms with Gasteiger partial charge in [0.2, 0.25) is 5.91 Å². The monoisotopic (exact) mass is 436 g/mol. The van der Waals surface area contributed by atoms with Crippen molar-refractivity contribution in [1.29, 1.82) is 0 Å². The molecule has 0 aliphatic heterocycles. The van der Waals surface area contributed by atoms with Crippen molar-refractivity contribution in [2.45, 2.75) is 37.1 Å². The van der Waals surface area contributed by atoms with Crippen molar-refractivity contribution in [3.63, 3.8) is 0 Å². The Kier molecular flexibility index (Phi) is 7.47. The van der Waals surface area contributed by atoms with Crippen LogP contribution in [0.1, 0.15) is 24.5 Å². The van der Waals surface area contributed by atoms with Crippen molar-refractivity contribution >= 4 is 21.6 Å². The van der Waals surface area contributed by atoms with Crippen molar-refractivity contribution in [2.24, 2.45) is 0 Å². The number of hydrogen-bond acceptors (Lipinski definition) is 3. The fraction of sp³-hybridized carbons (Fsp3) is 0.240. The molecule has 0 spiro atoms. The lowest BCUT2D eigenvalue weighted by atomic mass is 10.1. The lowest BCUT2D eigenvalue weighted by Crippen LogP contribution is -2.34. The Bertz CT molecular complexity index is 1080. The maximum absolute atomic E-state index is 12.7. The molecule has 0 radical (unpaired) electrons. The second kappa shape index (κ2) is 10.3. The van der Waals surface area contributed by atoms with E-state index in [9.17, 15) is 13.2 Å². The minimum absolute atomic E-state index is 0.0430. The number of benzene rings is 3. The van der Waals surface area contributed by atoms with Gasteiger partial charge in [-0.25, -0.2) is 8.42 Å². The standard InChI is InChI=1S/C25H28N2O3S/c1-20(13-14-21-9-5-3-6-10-21)26-25(28)19-22-15-17-23(18-16-22)27(2)31(29,30)24-11-7-4-8-12-24/h3-12,15-18,20H,13-14,19H2,1-2H3,(H,26,28). The molecule has 3 rings (SSSR count). The molecule has 5 nitrogen and oxygen atoms in total. The second-order valence-electron chi connectivity index (χ2n) is 7.62. The fourth-order valence-corrected chi connectivity index (χ4v) is 4.54. The van der Waals surface area contributed by atoms with Crippen LogP contribution in [0.5, 0.6) is 0 Å². The highest BCUT2D eigenvalue weighted by Crippen LogP contribution is 2.22. The van der Waals surface area contributed by atoms with Gasteiger partial charge in [-0.05, 0) is 55.2 Å². The van der Waals surface area contributed by atoms with Crippen molar-refractivity contribution in [3.05, 3.63) is 96.1 Å². The number of rotatable bonds is 9. The van der Waals surface area contributed by atoms with Crippen LogP contribution < -0.4 is 9.62 Å². The zero-order valence-electron chi connectivity index (χ0n) is 17.9. The summed E-state index contributed by atoms with van der Waals surface area (Å²) >= 11 is 0. The summed E-state index contributed by atoms with van der Waals surface area (Å²) in [7, 11) is -2.09. The third-order valence-corrected chi connectivity index (χ3v) is 6.98. The number of nitrogens with zero attached hydrogens (tertiary/aromatic N) is 1. The topological polar surface area (TPSA) is 66.5 Å². The quantitative estimate of drug-likeness (QED) is 0.547. The Morgan fingerprint density at radius 2 is 1.45 bits per heavy atom. The van der Waals surface area contributed by atoms with Gasteiger partial charge in [-0.1, -0.05) is 60.7 Å². The van der Waals surface area contributed by atoms with E-state index in [2.05, 4.69) is 17.4 Å². The van der Waals surface area contributed by atoms with Gasteiger partial charge in [0, 0.05) is 13.1 Å². The van der Waals surface area contributed by atoms with Crippen LogP contribution in [-0.2, 0) is 27.7 Å². The first-order valence-corrected chi connectivity index (χ1v) is 11.8. The van der Waals surface area contributed by atoms with Crippen molar-refractivity contribution in [3.8, 4) is 0 Å². The maximum Gasteiger partial charge on any atom is 0.264 e. The van der Waals surface area contributed by atoms with Crippen LogP contribution in [0.2, 0.25) is 0 Å². The van der Waals surface area contributed by atoms with E-state index >= 15 is 0 Å². The average Bonchev–Trinajstić information content (AvgIpc) is 2.79. The van der Waals surface area contributed by atoms with Crippen LogP contribution in [0.4, 0.5) is 5.69 Å². The van der Waals surface area contributed by atoms with Gasteiger partial charge >= 0.3 is 0 Å². The molecule has 1 atom stereocenters. The molecule has 1 unspecified atom stereocenters. The van der Waals surface area contributed by atoms with Crippen LogP contribution in [-0.4, -0.2) is 27.4 Å². The predicted octanol–water partition coefficient (Wildman–Crippen LogP) is 4.19. The number of sulfonamides is 1. The van der Waals surface area contributed by atoms with Gasteiger partial charge in [0.1, 0.15) is 0 Å². The molecular weight excluding hydrogens is 408 g/mol. The van der Waals surface area contributed by atoms with Crippen molar-refractivity contribution < 1.29 is 13.2 Å². The first-order valence-electron chi connectivity index (χ1n) is 10.3. The normalized spacial score (nSPS) is 12.2. The predicted molar refractivity (Wildman–Crippen MR) is 125 cm³/mol. The zero-order chi connectivity index (χ0) is 22.3. The van der Waals surface area contributed by atoms with E-state index in [0.717, 1.165) is 18.4 Å². The molecule has 0 bridgehead atoms. The first kappa shape index (κ1) is 22.6. The smallest absolute Gasteiger partial charge is 0.264 e. The Balaban J connectivity index is 1.54. The summed E-state index contributed by atoms with van der Waals surface area (Å²) < 4.78 is 26.7. The van der Waals surface area contributed by atoms with E-state index < -0.39 is 10.0 Å². The van der Waals surface area contributed by atoms with Gasteiger partial charge in [-0.15, -0.1) is 0 Å². The second-order valence-corrected chi connectivity index (χ2v) is 9.59. The van der Waals surface area contributed by atoms with E-state index in [1.54, 1.807) is 54.6 Å². The number of hydrogen-bond donors (Lipinski definition) is 1. The Hall–Kier alpha value is -3.12. The van der Waals surface area contributed by atoms with Crippen LogP contribution in [0.25, 0.3) is 0 Å². The summed E-state index contributed by atoms with van der Waals surface area (Å²) in [6.45, 7) is 2.01. The van der Waals surface area contributed by atoms with Crippen LogP contribution >= 0.6 is 0 Å². The molecule has 0 aliphatic rings. The lowest BCUT2D eigenvalue weighted by Gasteiger charge is -2.20. The Morgan fingerprint density at radius 3 is 2.06 bits per heavy atom. The molecule has 1 N–H and O–H groups in total.